The predicted molar refractivity (Wildman–Crippen MR) is 130 cm³/mol. The summed E-state index contributed by atoms with van der Waals surface area (Å²) in [6.07, 6.45) is 0.707. The molecule has 11 heteroatoms. The van der Waals surface area contributed by atoms with Crippen LogP contribution in [0.4, 0.5) is 16.2 Å². The standard InChI is InChI=1S/C24H25ClN4O6/c1-4-11-28-14(3)20(23(31)35-5-2)21(27-24(28)32)15-7-6-8-16(12-15)26-22(30)18-10-9-17(29(33)34)13-19(18)25/h6-10,12-13,21H,4-5,11H2,1-3H3,(H,26,30)(H,27,32). The van der Waals surface area contributed by atoms with E-state index in [1.165, 1.54) is 17.0 Å². The molecule has 184 valence electrons. The molecule has 2 aromatic carbocycles. The van der Waals surface area contributed by atoms with Crippen molar-refractivity contribution in [2.75, 3.05) is 18.5 Å². The molecule has 2 N–H and O–H groups in total. The van der Waals surface area contributed by atoms with E-state index in [4.69, 9.17) is 16.3 Å². The molecule has 2 aromatic rings. The molecular weight excluding hydrogens is 476 g/mol. The second kappa shape index (κ2) is 11.0. The van der Waals surface area contributed by atoms with Crippen LogP contribution in [0.3, 0.4) is 0 Å². The molecule has 3 amide bonds. The van der Waals surface area contributed by atoms with Gasteiger partial charge in [-0.2, -0.15) is 0 Å². The van der Waals surface area contributed by atoms with Crippen molar-refractivity contribution < 1.29 is 24.0 Å². The number of hydrogen-bond donors (Lipinski definition) is 2. The fourth-order valence-electron chi connectivity index (χ4n) is 3.79. The average Bonchev–Trinajstić information content (AvgIpc) is 2.81. The molecule has 0 bridgehead atoms. The van der Waals surface area contributed by atoms with E-state index in [0.717, 1.165) is 6.07 Å². The van der Waals surface area contributed by atoms with Crippen LogP contribution in [0.5, 0.6) is 0 Å². The number of nitro benzene ring substituents is 1. The fourth-order valence-corrected chi connectivity index (χ4v) is 4.05. The number of anilines is 1. The highest BCUT2D eigenvalue weighted by Gasteiger charge is 2.36. The summed E-state index contributed by atoms with van der Waals surface area (Å²) >= 11 is 6.07. The van der Waals surface area contributed by atoms with Gasteiger partial charge in [0, 0.05) is 30.1 Å². The second-order valence-electron chi connectivity index (χ2n) is 7.75. The topological polar surface area (TPSA) is 131 Å². The lowest BCUT2D eigenvalue weighted by Crippen LogP contribution is -2.48. The minimum Gasteiger partial charge on any atom is -0.463 e. The zero-order valence-electron chi connectivity index (χ0n) is 19.5. The van der Waals surface area contributed by atoms with Crippen LogP contribution in [0.25, 0.3) is 0 Å². The van der Waals surface area contributed by atoms with E-state index in [2.05, 4.69) is 10.6 Å². The Morgan fingerprint density at radius 2 is 1.97 bits per heavy atom. The van der Waals surface area contributed by atoms with Gasteiger partial charge < -0.3 is 15.4 Å². The quantitative estimate of drug-likeness (QED) is 0.303. The molecule has 1 heterocycles. The van der Waals surface area contributed by atoms with Crippen LogP contribution >= 0.6 is 11.6 Å². The molecule has 0 aromatic heterocycles. The van der Waals surface area contributed by atoms with Crippen LogP contribution in [0.15, 0.2) is 53.7 Å². The first-order valence-electron chi connectivity index (χ1n) is 11.0. The number of nitrogens with zero attached hydrogens (tertiary/aromatic N) is 2. The summed E-state index contributed by atoms with van der Waals surface area (Å²) in [5.41, 5.74) is 1.59. The number of hydrogen-bond acceptors (Lipinski definition) is 6. The minimum atomic E-state index is -0.783. The van der Waals surface area contributed by atoms with Crippen molar-refractivity contribution >= 4 is 40.9 Å². The van der Waals surface area contributed by atoms with Crippen LogP contribution in [-0.2, 0) is 9.53 Å². The van der Waals surface area contributed by atoms with Gasteiger partial charge in [-0.1, -0.05) is 30.7 Å². The molecule has 35 heavy (non-hydrogen) atoms. The molecule has 1 aliphatic rings. The summed E-state index contributed by atoms with van der Waals surface area (Å²) in [6, 6.07) is 9.10. The van der Waals surface area contributed by atoms with Gasteiger partial charge in [-0.3, -0.25) is 19.8 Å². The van der Waals surface area contributed by atoms with Crippen molar-refractivity contribution in [3.63, 3.8) is 0 Å². The Morgan fingerprint density at radius 1 is 1.23 bits per heavy atom. The Balaban J connectivity index is 1.93. The third-order valence-corrected chi connectivity index (χ3v) is 5.74. The number of allylic oxidation sites excluding steroid dienone is 1. The highest BCUT2D eigenvalue weighted by molar-refractivity contribution is 6.34. The van der Waals surface area contributed by atoms with Gasteiger partial charge in [-0.05, 0) is 44.0 Å². The van der Waals surface area contributed by atoms with E-state index in [0.29, 0.717) is 35.5 Å². The van der Waals surface area contributed by atoms with Gasteiger partial charge in [0.2, 0.25) is 0 Å². The van der Waals surface area contributed by atoms with Crippen LogP contribution in [0.1, 0.15) is 49.2 Å². The maximum absolute atomic E-state index is 12.8. The number of nitrogens with one attached hydrogen (secondary N) is 2. The number of nitro groups is 1. The van der Waals surface area contributed by atoms with Crippen molar-refractivity contribution in [2.45, 2.75) is 33.2 Å². The van der Waals surface area contributed by atoms with Gasteiger partial charge in [-0.25, -0.2) is 9.59 Å². The van der Waals surface area contributed by atoms with Crippen molar-refractivity contribution in [2.24, 2.45) is 0 Å². The zero-order chi connectivity index (χ0) is 25.7. The van der Waals surface area contributed by atoms with Crippen LogP contribution in [0.2, 0.25) is 5.02 Å². The molecule has 0 saturated heterocycles. The second-order valence-corrected chi connectivity index (χ2v) is 8.16. The predicted octanol–water partition coefficient (Wildman–Crippen LogP) is 4.81. The summed E-state index contributed by atoms with van der Waals surface area (Å²) in [6.45, 7) is 5.96. The number of rotatable bonds is 8. The third-order valence-electron chi connectivity index (χ3n) is 5.42. The first kappa shape index (κ1) is 25.7. The number of non-ortho nitro benzene ring substituents is 1. The van der Waals surface area contributed by atoms with Gasteiger partial charge in [0.05, 0.1) is 33.7 Å². The van der Waals surface area contributed by atoms with Crippen LogP contribution in [0, 0.1) is 10.1 Å². The Hall–Kier alpha value is -3.92. The number of carbonyl (C=O) groups is 3. The minimum absolute atomic E-state index is 0.0619. The molecule has 10 nitrogen and oxygen atoms in total. The zero-order valence-corrected chi connectivity index (χ0v) is 20.2. The molecule has 0 aliphatic carbocycles. The molecule has 1 atom stereocenters. The molecule has 0 radical (unpaired) electrons. The Kier molecular flexibility index (Phi) is 8.08. The number of urea groups is 1. The smallest absolute Gasteiger partial charge is 0.338 e. The lowest BCUT2D eigenvalue weighted by Gasteiger charge is -2.35. The van der Waals surface area contributed by atoms with Gasteiger partial charge in [0.15, 0.2) is 0 Å². The largest absolute Gasteiger partial charge is 0.463 e. The summed E-state index contributed by atoms with van der Waals surface area (Å²) in [5, 5.41) is 16.4. The first-order chi connectivity index (χ1) is 16.7. The maximum atomic E-state index is 12.8. The monoisotopic (exact) mass is 500 g/mol. The van der Waals surface area contributed by atoms with Crippen molar-refractivity contribution in [3.8, 4) is 0 Å². The Labute approximate surface area is 207 Å². The average molecular weight is 501 g/mol. The molecule has 0 spiro atoms. The molecule has 1 unspecified atom stereocenters. The SMILES string of the molecule is CCCN1C(=O)NC(c2cccc(NC(=O)c3ccc([N+](=O)[O-])cc3Cl)c2)C(C(=O)OCC)=C1C. The molecule has 0 saturated carbocycles. The highest BCUT2D eigenvalue weighted by Crippen LogP contribution is 2.33. The lowest BCUT2D eigenvalue weighted by molar-refractivity contribution is -0.384. The van der Waals surface area contributed by atoms with Crippen molar-refractivity contribution in [3.05, 3.63) is 80.0 Å². The van der Waals surface area contributed by atoms with Crippen LogP contribution in [-0.4, -0.2) is 40.9 Å². The maximum Gasteiger partial charge on any atom is 0.338 e. The summed E-state index contributed by atoms with van der Waals surface area (Å²) in [7, 11) is 0. The fraction of sp³-hybridized carbons (Fsp3) is 0.292. The van der Waals surface area contributed by atoms with Gasteiger partial charge in [0.1, 0.15) is 0 Å². The number of amides is 3. The normalized spacial score (nSPS) is 15.5. The molecule has 3 rings (SSSR count). The Bertz CT molecular complexity index is 1210. The summed E-state index contributed by atoms with van der Waals surface area (Å²) in [4.78, 5) is 50.1. The number of halogens is 1. The number of carbonyl (C=O) groups excluding carboxylic acids is 3. The third kappa shape index (κ3) is 5.60. The number of ether oxygens (including phenoxy) is 1. The van der Waals surface area contributed by atoms with E-state index in [9.17, 15) is 24.5 Å². The summed E-state index contributed by atoms with van der Waals surface area (Å²) < 4.78 is 5.25. The Morgan fingerprint density at radius 3 is 2.60 bits per heavy atom. The molecule has 1 aliphatic heterocycles. The van der Waals surface area contributed by atoms with E-state index >= 15 is 0 Å². The van der Waals surface area contributed by atoms with Crippen molar-refractivity contribution in [1.29, 1.82) is 0 Å². The summed E-state index contributed by atoms with van der Waals surface area (Å²) in [5.74, 6) is -1.11. The number of benzene rings is 2. The highest BCUT2D eigenvalue weighted by atomic mass is 35.5. The van der Waals surface area contributed by atoms with E-state index < -0.39 is 22.8 Å². The molecule has 0 fully saturated rings. The van der Waals surface area contributed by atoms with Crippen molar-refractivity contribution in [1.82, 2.24) is 10.2 Å². The van der Waals surface area contributed by atoms with E-state index in [1.54, 1.807) is 38.1 Å². The first-order valence-corrected chi connectivity index (χ1v) is 11.4. The number of esters is 1. The van der Waals surface area contributed by atoms with Gasteiger partial charge in [0.25, 0.3) is 11.6 Å². The van der Waals surface area contributed by atoms with Crippen LogP contribution < -0.4 is 10.6 Å². The van der Waals surface area contributed by atoms with E-state index in [-0.39, 0.29) is 28.9 Å². The van der Waals surface area contributed by atoms with Gasteiger partial charge >= 0.3 is 12.0 Å². The molecular formula is C24H25ClN4O6. The lowest BCUT2D eigenvalue weighted by atomic mass is 9.94. The van der Waals surface area contributed by atoms with Gasteiger partial charge in [-0.15, -0.1) is 0 Å². The van der Waals surface area contributed by atoms with E-state index in [1.807, 2.05) is 6.92 Å².